The maximum Gasteiger partial charge on any atom is 0.433 e. The molecule has 27 heavy (non-hydrogen) atoms. The summed E-state index contributed by atoms with van der Waals surface area (Å²) >= 11 is 0. The van der Waals surface area contributed by atoms with E-state index in [9.17, 15) is 18.0 Å². The van der Waals surface area contributed by atoms with Gasteiger partial charge < -0.3 is 9.73 Å². The van der Waals surface area contributed by atoms with E-state index in [1.54, 1.807) is 0 Å². The molecule has 0 saturated carbocycles. The molecule has 0 aromatic carbocycles. The van der Waals surface area contributed by atoms with Crippen molar-refractivity contribution < 1.29 is 22.4 Å². The highest BCUT2D eigenvalue weighted by Gasteiger charge is 2.43. The van der Waals surface area contributed by atoms with Crippen LogP contribution >= 0.6 is 0 Å². The van der Waals surface area contributed by atoms with Gasteiger partial charge in [-0.1, -0.05) is 0 Å². The number of alkyl halides is 3. The third-order valence-corrected chi connectivity index (χ3v) is 3.47. The lowest BCUT2D eigenvalue weighted by atomic mass is 10.1. The Morgan fingerprint density at radius 3 is 2.52 bits per heavy atom. The van der Waals surface area contributed by atoms with Crippen LogP contribution in [0.2, 0.25) is 0 Å². The van der Waals surface area contributed by atoms with Gasteiger partial charge in [-0.15, -0.1) is 0 Å². The van der Waals surface area contributed by atoms with E-state index in [0.29, 0.717) is 0 Å². The molecule has 0 aliphatic heterocycles. The number of hydrogen-bond donors (Lipinski definition) is 2. The summed E-state index contributed by atoms with van der Waals surface area (Å²) in [6.07, 6.45) is 2.33. The molecule has 0 radical (unpaired) electrons. The Bertz CT molecular complexity index is 948. The fourth-order valence-corrected chi connectivity index (χ4v) is 2.20. The van der Waals surface area contributed by atoms with E-state index in [-0.39, 0.29) is 17.1 Å². The summed E-state index contributed by atoms with van der Waals surface area (Å²) in [5, 5.41) is 2.31. The maximum atomic E-state index is 13.2. The second-order valence-electron chi connectivity index (χ2n) is 5.41. The van der Waals surface area contributed by atoms with Crippen LogP contribution < -0.4 is 11.1 Å². The quantitative estimate of drug-likeness (QED) is 0.646. The number of carbonyl (C=O) groups excluding carboxylic acids is 1. The molecule has 12 heteroatoms. The van der Waals surface area contributed by atoms with Gasteiger partial charge in [0.1, 0.15) is 12.0 Å². The Labute approximate surface area is 149 Å². The van der Waals surface area contributed by atoms with Crippen molar-refractivity contribution in [1.82, 2.24) is 30.2 Å². The van der Waals surface area contributed by atoms with Crippen LogP contribution in [-0.4, -0.2) is 30.8 Å². The van der Waals surface area contributed by atoms with E-state index in [4.69, 9.17) is 10.2 Å². The first kappa shape index (κ1) is 18.4. The second-order valence-corrected chi connectivity index (χ2v) is 5.41. The Morgan fingerprint density at radius 1 is 1.15 bits per heavy atom. The molecule has 3 aromatic rings. The molecule has 3 heterocycles. The molecule has 0 spiro atoms. The summed E-state index contributed by atoms with van der Waals surface area (Å²) in [4.78, 5) is 31.2. The molecule has 1 atom stereocenters. The van der Waals surface area contributed by atoms with Crippen molar-refractivity contribution in [2.24, 2.45) is 5.73 Å². The second kappa shape index (κ2) is 6.72. The third-order valence-electron chi connectivity index (χ3n) is 3.47. The smallest absolute Gasteiger partial charge is 0.433 e. The number of aryl methyl sites for hydroxylation is 1. The fourth-order valence-electron chi connectivity index (χ4n) is 2.20. The van der Waals surface area contributed by atoms with E-state index in [1.165, 1.54) is 25.5 Å². The molecule has 9 nitrogen and oxygen atoms in total. The van der Waals surface area contributed by atoms with Crippen LogP contribution in [0.25, 0.3) is 0 Å². The van der Waals surface area contributed by atoms with Crippen LogP contribution in [0.3, 0.4) is 0 Å². The van der Waals surface area contributed by atoms with Gasteiger partial charge in [0.15, 0.2) is 11.5 Å². The standard InChI is InChI=1S/C15H12F3N7O2/c1-8-6-23-12(24-10(8)15(16,17)18)14(19,13-22-4-5-27-13)25-11(26)9-7-20-2-3-21-9/h2-7H,19H2,1H3,(H,25,26). The van der Waals surface area contributed by atoms with Crippen molar-refractivity contribution in [3.8, 4) is 0 Å². The highest BCUT2D eigenvalue weighted by Crippen LogP contribution is 2.31. The maximum absolute atomic E-state index is 13.2. The van der Waals surface area contributed by atoms with E-state index < -0.39 is 29.3 Å². The fraction of sp³-hybridized carbons (Fsp3) is 0.200. The number of aromatic nitrogens is 5. The predicted octanol–water partition coefficient (Wildman–Crippen LogP) is 1.17. The first-order valence-corrected chi connectivity index (χ1v) is 7.40. The van der Waals surface area contributed by atoms with Crippen molar-refractivity contribution in [1.29, 1.82) is 0 Å². The van der Waals surface area contributed by atoms with Crippen LogP contribution in [0.5, 0.6) is 0 Å². The largest absolute Gasteiger partial charge is 0.445 e. The number of oxazole rings is 1. The first-order chi connectivity index (χ1) is 12.7. The van der Waals surface area contributed by atoms with Gasteiger partial charge in [-0.3, -0.25) is 15.5 Å². The Kier molecular flexibility index (Phi) is 4.57. The van der Waals surface area contributed by atoms with Crippen LogP contribution in [0.1, 0.15) is 33.5 Å². The predicted molar refractivity (Wildman–Crippen MR) is 82.7 cm³/mol. The molecule has 0 fully saturated rings. The summed E-state index contributed by atoms with van der Waals surface area (Å²) in [5.74, 6) is -1.70. The summed E-state index contributed by atoms with van der Waals surface area (Å²) in [5.41, 5.74) is 2.46. The third kappa shape index (κ3) is 3.60. The van der Waals surface area contributed by atoms with Crippen molar-refractivity contribution in [3.63, 3.8) is 0 Å². The molecule has 0 saturated heterocycles. The normalized spacial score (nSPS) is 13.8. The summed E-state index contributed by atoms with van der Waals surface area (Å²) in [6, 6.07) is 0. The molecule has 3 N–H and O–H groups in total. The minimum Gasteiger partial charge on any atom is -0.445 e. The highest BCUT2D eigenvalue weighted by atomic mass is 19.4. The summed E-state index contributed by atoms with van der Waals surface area (Å²) in [7, 11) is 0. The van der Waals surface area contributed by atoms with Crippen molar-refractivity contribution in [2.45, 2.75) is 18.8 Å². The number of hydrogen-bond acceptors (Lipinski definition) is 8. The molecular weight excluding hydrogens is 367 g/mol. The SMILES string of the molecule is Cc1cnc(C(N)(NC(=O)c2cnccn2)c2ncco2)nc1C(F)(F)F. The lowest BCUT2D eigenvalue weighted by Crippen LogP contribution is -2.55. The zero-order valence-corrected chi connectivity index (χ0v) is 13.7. The van der Waals surface area contributed by atoms with Gasteiger partial charge in [0.25, 0.3) is 5.91 Å². The lowest BCUT2D eigenvalue weighted by Gasteiger charge is -2.26. The number of rotatable bonds is 4. The molecule has 0 aliphatic rings. The van der Waals surface area contributed by atoms with Crippen LogP contribution in [0, 0.1) is 6.92 Å². The molecule has 3 aromatic heterocycles. The zero-order valence-electron chi connectivity index (χ0n) is 13.7. The van der Waals surface area contributed by atoms with Gasteiger partial charge in [-0.2, -0.15) is 13.2 Å². The number of nitrogens with two attached hydrogens (primary N) is 1. The topological polar surface area (TPSA) is 133 Å². The van der Waals surface area contributed by atoms with Crippen LogP contribution in [0.4, 0.5) is 13.2 Å². The zero-order chi connectivity index (χ0) is 19.7. The number of carbonyl (C=O) groups is 1. The Hall–Kier alpha value is -3.41. The van der Waals surface area contributed by atoms with E-state index in [2.05, 4.69) is 30.2 Å². The van der Waals surface area contributed by atoms with Gasteiger partial charge in [0.05, 0.1) is 12.4 Å². The molecule has 140 valence electrons. The molecule has 0 bridgehead atoms. The number of amides is 1. The number of nitrogens with zero attached hydrogens (tertiary/aromatic N) is 5. The molecule has 1 amide bonds. The average Bonchev–Trinajstić information content (AvgIpc) is 3.17. The summed E-state index contributed by atoms with van der Waals surface area (Å²) in [6.45, 7) is 1.20. The van der Waals surface area contributed by atoms with Crippen molar-refractivity contribution in [3.05, 3.63) is 65.9 Å². The van der Waals surface area contributed by atoms with Crippen molar-refractivity contribution >= 4 is 5.91 Å². The number of halogens is 3. The van der Waals surface area contributed by atoms with Crippen LogP contribution in [-0.2, 0) is 11.8 Å². The van der Waals surface area contributed by atoms with Crippen LogP contribution in [0.15, 0.2) is 41.7 Å². The minimum atomic E-state index is -4.74. The van der Waals surface area contributed by atoms with Gasteiger partial charge in [-0.05, 0) is 12.5 Å². The molecule has 1 unspecified atom stereocenters. The molecular formula is C15H12F3N7O2. The van der Waals surface area contributed by atoms with Gasteiger partial charge in [-0.25, -0.2) is 19.9 Å². The lowest BCUT2D eigenvalue weighted by molar-refractivity contribution is -0.142. The van der Waals surface area contributed by atoms with Gasteiger partial charge in [0, 0.05) is 18.6 Å². The number of nitrogens with one attached hydrogen (secondary N) is 1. The summed E-state index contributed by atoms with van der Waals surface area (Å²) < 4.78 is 44.7. The van der Waals surface area contributed by atoms with E-state index in [1.807, 2.05) is 0 Å². The van der Waals surface area contributed by atoms with E-state index in [0.717, 1.165) is 18.7 Å². The minimum absolute atomic E-state index is 0.123. The Morgan fingerprint density at radius 2 is 1.93 bits per heavy atom. The molecule has 0 aliphatic carbocycles. The Balaban J connectivity index is 2.09. The molecule has 3 rings (SSSR count). The van der Waals surface area contributed by atoms with Gasteiger partial charge in [0.2, 0.25) is 11.6 Å². The highest BCUT2D eigenvalue weighted by molar-refractivity contribution is 5.92. The monoisotopic (exact) mass is 379 g/mol. The first-order valence-electron chi connectivity index (χ1n) is 7.40. The average molecular weight is 379 g/mol. The van der Waals surface area contributed by atoms with Gasteiger partial charge >= 0.3 is 6.18 Å². The van der Waals surface area contributed by atoms with E-state index >= 15 is 0 Å². The van der Waals surface area contributed by atoms with Crippen molar-refractivity contribution in [2.75, 3.05) is 0 Å².